The highest BCUT2D eigenvalue weighted by molar-refractivity contribution is 5.68. The van der Waals surface area contributed by atoms with E-state index in [9.17, 15) is 4.79 Å². The van der Waals surface area contributed by atoms with Crippen molar-refractivity contribution < 1.29 is 24.3 Å². The number of unbranched alkanes of at least 4 members (excludes halogenated alkanes) is 2. The lowest BCUT2D eigenvalue weighted by atomic mass is 9.89. The second-order valence-corrected chi connectivity index (χ2v) is 12.0. The predicted molar refractivity (Wildman–Crippen MR) is 130 cm³/mol. The van der Waals surface area contributed by atoms with Gasteiger partial charge in [-0.15, -0.1) is 0 Å². The molecule has 0 aliphatic carbocycles. The third-order valence-corrected chi connectivity index (χ3v) is 4.39. The van der Waals surface area contributed by atoms with E-state index in [2.05, 4.69) is 62.3 Å². The number of hydrogen-bond acceptors (Lipinski definition) is 5. The molecule has 0 aromatic heterocycles. The summed E-state index contributed by atoms with van der Waals surface area (Å²) in [4.78, 5) is 31.9. The van der Waals surface area contributed by atoms with Crippen LogP contribution in [0.5, 0.6) is 0 Å². The lowest BCUT2D eigenvalue weighted by Gasteiger charge is -2.30. The zero-order chi connectivity index (χ0) is 24.8. The summed E-state index contributed by atoms with van der Waals surface area (Å²) in [6.07, 6.45) is 9.03. The number of hydrogen-bond donors (Lipinski definition) is 0. The summed E-state index contributed by atoms with van der Waals surface area (Å²) in [5, 5.41) is 0. The number of carbonyl (C=O) groups excluding carboxylic acids is 1. The minimum atomic E-state index is -0.429. The molecule has 0 radical (unpaired) electrons. The fourth-order valence-electron chi connectivity index (χ4n) is 2.83. The van der Waals surface area contributed by atoms with Crippen LogP contribution in [0.2, 0.25) is 0 Å². The van der Waals surface area contributed by atoms with Crippen molar-refractivity contribution in [2.24, 2.45) is 5.41 Å². The van der Waals surface area contributed by atoms with Crippen LogP contribution in [0.15, 0.2) is 0 Å². The zero-order valence-electron chi connectivity index (χ0n) is 22.9. The average molecular weight is 447 g/mol. The van der Waals surface area contributed by atoms with Crippen molar-refractivity contribution in [3.05, 3.63) is 0 Å². The van der Waals surface area contributed by atoms with Gasteiger partial charge in [0.15, 0.2) is 0 Å². The van der Waals surface area contributed by atoms with Crippen LogP contribution in [-0.2, 0) is 24.3 Å². The van der Waals surface area contributed by atoms with E-state index in [1.54, 1.807) is 0 Å². The van der Waals surface area contributed by atoms with E-state index in [-0.39, 0.29) is 17.2 Å². The number of rotatable bonds is 13. The Labute approximate surface area is 193 Å². The van der Waals surface area contributed by atoms with Crippen LogP contribution in [0.1, 0.15) is 141 Å². The first kappa shape index (κ1) is 32.5. The Kier molecular flexibility index (Phi) is 16.0. The third kappa shape index (κ3) is 25.5. The van der Waals surface area contributed by atoms with Crippen LogP contribution in [0.25, 0.3) is 0 Å². The molecule has 188 valence electrons. The first-order chi connectivity index (χ1) is 13.9. The van der Waals surface area contributed by atoms with Crippen LogP contribution in [0.4, 0.5) is 0 Å². The third-order valence-electron chi connectivity index (χ3n) is 4.39. The topological polar surface area (TPSA) is 54.0 Å². The molecule has 0 amide bonds. The van der Waals surface area contributed by atoms with E-state index in [0.717, 1.165) is 44.9 Å². The Hall–Kier alpha value is -0.650. The normalized spacial score (nSPS) is 12.9. The first-order valence-electron chi connectivity index (χ1n) is 12.2. The highest BCUT2D eigenvalue weighted by Gasteiger charge is 2.25. The van der Waals surface area contributed by atoms with Gasteiger partial charge >= 0.3 is 5.97 Å². The zero-order valence-corrected chi connectivity index (χ0v) is 22.9. The van der Waals surface area contributed by atoms with E-state index in [0.29, 0.717) is 11.8 Å². The molecule has 0 heterocycles. The quantitative estimate of drug-likeness (QED) is 0.162. The molecule has 0 fully saturated rings. The lowest BCUT2D eigenvalue weighted by Crippen LogP contribution is -2.32. The van der Waals surface area contributed by atoms with Crippen LogP contribution >= 0.6 is 0 Å². The molecule has 0 unspecified atom stereocenters. The summed E-state index contributed by atoms with van der Waals surface area (Å²) >= 11 is 0. The highest BCUT2D eigenvalue weighted by atomic mass is 17.2. The van der Waals surface area contributed by atoms with Gasteiger partial charge in [0, 0.05) is 6.42 Å². The largest absolute Gasteiger partial charge is 0.342 e. The molecule has 0 aliphatic heterocycles. The Morgan fingerprint density at radius 3 is 1.42 bits per heavy atom. The van der Waals surface area contributed by atoms with Gasteiger partial charge in [-0.25, -0.2) is 14.6 Å². The Morgan fingerprint density at radius 1 is 0.613 bits per heavy atom. The van der Waals surface area contributed by atoms with E-state index in [1.807, 2.05) is 20.8 Å². The molecule has 0 N–H and O–H groups in total. The summed E-state index contributed by atoms with van der Waals surface area (Å²) in [5.74, 6) is -0.268. The van der Waals surface area contributed by atoms with E-state index in [4.69, 9.17) is 19.6 Å². The molecule has 31 heavy (non-hydrogen) atoms. The first-order valence-corrected chi connectivity index (χ1v) is 12.2. The Morgan fingerprint density at radius 2 is 1.06 bits per heavy atom. The lowest BCUT2D eigenvalue weighted by molar-refractivity contribution is -0.402. The van der Waals surface area contributed by atoms with Crippen molar-refractivity contribution in [2.45, 2.75) is 158 Å². The van der Waals surface area contributed by atoms with Gasteiger partial charge in [-0.05, 0) is 79.6 Å². The van der Waals surface area contributed by atoms with Crippen LogP contribution < -0.4 is 0 Å². The molecule has 0 aromatic carbocycles. The summed E-state index contributed by atoms with van der Waals surface area (Å²) in [7, 11) is 0. The van der Waals surface area contributed by atoms with Gasteiger partial charge in [-0.1, -0.05) is 60.3 Å². The molecule has 0 aliphatic rings. The van der Waals surface area contributed by atoms with Crippen LogP contribution in [-0.4, -0.2) is 22.8 Å². The molecule has 0 rings (SSSR count). The van der Waals surface area contributed by atoms with Crippen LogP contribution in [0, 0.1) is 5.41 Å². The highest BCUT2D eigenvalue weighted by Crippen LogP contribution is 2.24. The Bertz CT molecular complexity index is 437. The number of carbonyl (C=O) groups is 1. The molecule has 5 nitrogen and oxygen atoms in total. The molecule has 0 aromatic rings. The van der Waals surface area contributed by atoms with Gasteiger partial charge < -0.3 is 0 Å². The van der Waals surface area contributed by atoms with Gasteiger partial charge in [0.05, 0.1) is 11.2 Å². The molecular weight excluding hydrogens is 392 g/mol. The van der Waals surface area contributed by atoms with Gasteiger partial charge in [-0.2, -0.15) is 4.89 Å². The van der Waals surface area contributed by atoms with Crippen molar-refractivity contribution in [1.82, 2.24) is 0 Å². The maximum Gasteiger partial charge on any atom is 0.342 e. The van der Waals surface area contributed by atoms with Gasteiger partial charge in [0.25, 0.3) is 0 Å². The minimum absolute atomic E-state index is 0.167. The van der Waals surface area contributed by atoms with Crippen molar-refractivity contribution >= 4 is 5.97 Å². The molecular formula is C26H54O5. The monoisotopic (exact) mass is 446 g/mol. The second-order valence-electron chi connectivity index (χ2n) is 12.0. The molecule has 0 spiro atoms. The minimum Gasteiger partial charge on any atom is -0.298 e. The van der Waals surface area contributed by atoms with E-state index < -0.39 is 5.60 Å². The van der Waals surface area contributed by atoms with Crippen molar-refractivity contribution in [2.75, 3.05) is 0 Å². The second kappa shape index (κ2) is 15.2. The predicted octanol–water partition coefficient (Wildman–Crippen LogP) is 8.35. The van der Waals surface area contributed by atoms with Crippen LogP contribution in [0.3, 0.4) is 0 Å². The summed E-state index contributed by atoms with van der Waals surface area (Å²) < 4.78 is 0. The maximum absolute atomic E-state index is 11.3. The van der Waals surface area contributed by atoms with E-state index >= 15 is 0 Å². The van der Waals surface area contributed by atoms with Crippen molar-refractivity contribution in [3.63, 3.8) is 0 Å². The van der Waals surface area contributed by atoms with Gasteiger partial charge in [-0.3, -0.25) is 4.89 Å². The standard InChI is InChI=1S/C14H28O3.C12H26O2/c1-13(2,3)11-9-7-8-10-12(15)16-17-14(4,5)6;1-7-9-11(3,4)13-14-12(5,6)10-8-2/h7-11H2,1-6H3;7-10H2,1-6H3. The fraction of sp³-hybridized carbons (Fsp3) is 0.962. The maximum atomic E-state index is 11.3. The van der Waals surface area contributed by atoms with Gasteiger partial charge in [0.2, 0.25) is 0 Å². The Balaban J connectivity index is 0. The smallest absolute Gasteiger partial charge is 0.298 e. The van der Waals surface area contributed by atoms with Crippen molar-refractivity contribution in [3.8, 4) is 0 Å². The summed E-state index contributed by atoms with van der Waals surface area (Å²) in [5.41, 5.74) is -0.378. The molecule has 0 saturated carbocycles. The van der Waals surface area contributed by atoms with Gasteiger partial charge in [0.1, 0.15) is 5.60 Å². The average Bonchev–Trinajstić information content (AvgIpc) is 2.57. The fourth-order valence-corrected chi connectivity index (χ4v) is 2.83. The van der Waals surface area contributed by atoms with E-state index in [1.165, 1.54) is 6.42 Å². The molecule has 5 heteroatoms. The molecule has 0 bridgehead atoms. The SMILES string of the molecule is CC(C)(C)CCCCCC(=O)OOC(C)(C)C.CCCC(C)(C)OOC(C)(C)CCC. The summed E-state index contributed by atoms with van der Waals surface area (Å²) in [6, 6.07) is 0. The van der Waals surface area contributed by atoms with Crippen molar-refractivity contribution in [1.29, 1.82) is 0 Å². The molecule has 0 saturated heterocycles. The summed E-state index contributed by atoms with van der Waals surface area (Å²) in [6.45, 7) is 24.8. The molecule has 0 atom stereocenters.